The van der Waals surface area contributed by atoms with Crippen molar-refractivity contribution in [2.45, 2.75) is 13.8 Å². The molecule has 0 fully saturated rings. The van der Waals surface area contributed by atoms with Gasteiger partial charge in [0, 0.05) is 25.0 Å². The van der Waals surface area contributed by atoms with E-state index in [0.717, 1.165) is 34.0 Å². The predicted octanol–water partition coefficient (Wildman–Crippen LogP) is 2.81. The Bertz CT molecular complexity index is 567. The topological polar surface area (TPSA) is 47.0 Å². The Kier molecular flexibility index (Phi) is 3.46. The van der Waals surface area contributed by atoms with Crippen molar-refractivity contribution in [3.8, 4) is 17.0 Å². The lowest BCUT2D eigenvalue weighted by Gasteiger charge is -2.12. The molecule has 4 heteroatoms. The average molecular weight is 243 g/mol. The van der Waals surface area contributed by atoms with Gasteiger partial charge >= 0.3 is 0 Å². The molecular formula is C14H17N3O. The molecule has 0 aliphatic heterocycles. The molecule has 94 valence electrons. The second kappa shape index (κ2) is 5.04. The zero-order valence-corrected chi connectivity index (χ0v) is 11.1. The van der Waals surface area contributed by atoms with Crippen molar-refractivity contribution in [3.63, 3.8) is 0 Å². The van der Waals surface area contributed by atoms with Crippen molar-refractivity contribution < 1.29 is 4.74 Å². The van der Waals surface area contributed by atoms with Crippen molar-refractivity contribution in [1.82, 2.24) is 9.97 Å². The van der Waals surface area contributed by atoms with Crippen LogP contribution in [0.15, 0.2) is 24.5 Å². The molecule has 0 amide bonds. The highest BCUT2D eigenvalue weighted by molar-refractivity contribution is 5.75. The minimum Gasteiger partial charge on any atom is -0.496 e. The van der Waals surface area contributed by atoms with Gasteiger partial charge in [-0.15, -0.1) is 0 Å². The number of methoxy groups -OCH3 is 1. The number of nitrogens with one attached hydrogen (secondary N) is 1. The summed E-state index contributed by atoms with van der Waals surface area (Å²) in [6.45, 7) is 4.07. The van der Waals surface area contributed by atoms with Crippen LogP contribution in [-0.4, -0.2) is 24.1 Å². The molecule has 0 aliphatic rings. The molecule has 2 rings (SSSR count). The van der Waals surface area contributed by atoms with Crippen molar-refractivity contribution in [2.75, 3.05) is 19.5 Å². The van der Waals surface area contributed by atoms with E-state index in [1.165, 1.54) is 0 Å². The van der Waals surface area contributed by atoms with E-state index in [0.29, 0.717) is 0 Å². The highest BCUT2D eigenvalue weighted by atomic mass is 16.5. The molecule has 1 aromatic heterocycles. The number of aromatic nitrogens is 2. The first-order valence-corrected chi connectivity index (χ1v) is 5.81. The zero-order valence-electron chi connectivity index (χ0n) is 11.1. The Morgan fingerprint density at radius 1 is 1.06 bits per heavy atom. The van der Waals surface area contributed by atoms with E-state index < -0.39 is 0 Å². The number of ether oxygens (including phenoxy) is 1. The Morgan fingerprint density at radius 2 is 1.78 bits per heavy atom. The fraction of sp³-hybridized carbons (Fsp3) is 0.286. The van der Waals surface area contributed by atoms with E-state index in [2.05, 4.69) is 21.4 Å². The van der Waals surface area contributed by atoms with E-state index in [9.17, 15) is 0 Å². The van der Waals surface area contributed by atoms with E-state index in [-0.39, 0.29) is 0 Å². The molecule has 1 aromatic carbocycles. The van der Waals surface area contributed by atoms with Gasteiger partial charge in [-0.25, -0.2) is 4.98 Å². The number of aryl methyl sites for hydroxylation is 2. The number of anilines is 1. The summed E-state index contributed by atoms with van der Waals surface area (Å²) in [7, 11) is 3.53. The van der Waals surface area contributed by atoms with Crippen molar-refractivity contribution >= 4 is 5.82 Å². The summed E-state index contributed by atoms with van der Waals surface area (Å²) in [5, 5.41) is 3.06. The lowest BCUT2D eigenvalue weighted by Crippen LogP contribution is -1.99. The third kappa shape index (κ3) is 2.14. The Labute approximate surface area is 107 Å². The molecule has 0 saturated carbocycles. The molecule has 2 aromatic rings. The molecule has 0 aliphatic carbocycles. The monoisotopic (exact) mass is 243 g/mol. The summed E-state index contributed by atoms with van der Waals surface area (Å²) in [5.74, 6) is 1.68. The molecular weight excluding hydrogens is 226 g/mol. The maximum Gasteiger partial charge on any atom is 0.152 e. The summed E-state index contributed by atoms with van der Waals surface area (Å²) in [6, 6.07) is 4.11. The summed E-state index contributed by atoms with van der Waals surface area (Å²) < 4.78 is 5.32. The molecule has 0 radical (unpaired) electrons. The normalized spacial score (nSPS) is 10.2. The maximum atomic E-state index is 5.32. The largest absolute Gasteiger partial charge is 0.496 e. The van der Waals surface area contributed by atoms with Gasteiger partial charge in [0.2, 0.25) is 0 Å². The van der Waals surface area contributed by atoms with Crippen LogP contribution in [0.3, 0.4) is 0 Å². The van der Waals surface area contributed by atoms with Crippen molar-refractivity contribution in [1.29, 1.82) is 0 Å². The van der Waals surface area contributed by atoms with Gasteiger partial charge in [-0.05, 0) is 37.1 Å². The van der Waals surface area contributed by atoms with Crippen LogP contribution in [0.5, 0.6) is 5.75 Å². The molecule has 0 saturated heterocycles. The van der Waals surface area contributed by atoms with Gasteiger partial charge in [0.15, 0.2) is 5.82 Å². The summed E-state index contributed by atoms with van der Waals surface area (Å²) in [5.41, 5.74) is 4.15. The highest BCUT2D eigenvalue weighted by Crippen LogP contribution is 2.31. The van der Waals surface area contributed by atoms with Crippen molar-refractivity contribution in [3.05, 3.63) is 35.7 Å². The van der Waals surface area contributed by atoms with Crippen LogP contribution in [0.4, 0.5) is 5.82 Å². The predicted molar refractivity (Wildman–Crippen MR) is 73.0 cm³/mol. The third-order valence-corrected chi connectivity index (χ3v) is 2.93. The zero-order chi connectivity index (χ0) is 13.1. The summed E-state index contributed by atoms with van der Waals surface area (Å²) >= 11 is 0. The minimum atomic E-state index is 0.783. The van der Waals surface area contributed by atoms with Crippen LogP contribution in [0.2, 0.25) is 0 Å². The van der Waals surface area contributed by atoms with E-state index >= 15 is 0 Å². The lowest BCUT2D eigenvalue weighted by molar-refractivity contribution is 0.411. The number of rotatable bonds is 3. The molecule has 18 heavy (non-hydrogen) atoms. The van der Waals surface area contributed by atoms with Gasteiger partial charge in [0.1, 0.15) is 11.4 Å². The molecule has 0 atom stereocenters. The molecule has 1 heterocycles. The smallest absolute Gasteiger partial charge is 0.152 e. The van der Waals surface area contributed by atoms with E-state index in [4.69, 9.17) is 4.74 Å². The van der Waals surface area contributed by atoms with Gasteiger partial charge < -0.3 is 10.1 Å². The van der Waals surface area contributed by atoms with Crippen LogP contribution >= 0.6 is 0 Å². The number of hydrogen-bond acceptors (Lipinski definition) is 4. The molecule has 0 spiro atoms. The minimum absolute atomic E-state index is 0.783. The van der Waals surface area contributed by atoms with Gasteiger partial charge in [-0.2, -0.15) is 0 Å². The van der Waals surface area contributed by atoms with E-state index in [1.54, 1.807) is 19.5 Å². The van der Waals surface area contributed by atoms with Crippen LogP contribution in [-0.2, 0) is 0 Å². The number of nitrogens with zero attached hydrogens (tertiary/aromatic N) is 2. The molecule has 0 unspecified atom stereocenters. The first kappa shape index (κ1) is 12.4. The Hall–Kier alpha value is -2.10. The fourth-order valence-electron chi connectivity index (χ4n) is 1.98. The molecule has 4 nitrogen and oxygen atoms in total. The SMILES string of the molecule is CNc1nccnc1-c1cc(C)c(OC)cc1C. The fourth-order valence-corrected chi connectivity index (χ4v) is 1.98. The first-order valence-electron chi connectivity index (χ1n) is 5.81. The number of hydrogen-bond donors (Lipinski definition) is 1. The molecule has 0 bridgehead atoms. The first-order chi connectivity index (χ1) is 8.67. The lowest BCUT2D eigenvalue weighted by atomic mass is 10.0. The van der Waals surface area contributed by atoms with Gasteiger partial charge in [-0.1, -0.05) is 0 Å². The van der Waals surface area contributed by atoms with Crippen LogP contribution < -0.4 is 10.1 Å². The quantitative estimate of drug-likeness (QED) is 0.900. The van der Waals surface area contributed by atoms with Crippen LogP contribution in [0, 0.1) is 13.8 Å². The summed E-state index contributed by atoms with van der Waals surface area (Å²) in [6.07, 6.45) is 3.39. The van der Waals surface area contributed by atoms with Crippen LogP contribution in [0.1, 0.15) is 11.1 Å². The van der Waals surface area contributed by atoms with Crippen LogP contribution in [0.25, 0.3) is 11.3 Å². The van der Waals surface area contributed by atoms with Gasteiger partial charge in [-0.3, -0.25) is 4.98 Å². The Morgan fingerprint density at radius 3 is 2.44 bits per heavy atom. The highest BCUT2D eigenvalue weighted by Gasteiger charge is 2.11. The third-order valence-electron chi connectivity index (χ3n) is 2.93. The summed E-state index contributed by atoms with van der Waals surface area (Å²) in [4.78, 5) is 8.69. The second-order valence-electron chi connectivity index (χ2n) is 4.14. The molecule has 1 N–H and O–H groups in total. The van der Waals surface area contributed by atoms with Gasteiger partial charge in [0.05, 0.1) is 7.11 Å². The standard InChI is InChI=1S/C14H17N3O/c1-9-8-12(18-4)10(2)7-11(9)13-14(15-3)17-6-5-16-13/h5-8H,1-4H3,(H,15,17). The van der Waals surface area contributed by atoms with E-state index in [1.807, 2.05) is 27.0 Å². The second-order valence-corrected chi connectivity index (χ2v) is 4.14. The number of benzene rings is 1. The van der Waals surface area contributed by atoms with Crippen molar-refractivity contribution in [2.24, 2.45) is 0 Å². The average Bonchev–Trinajstić information content (AvgIpc) is 2.41. The maximum absolute atomic E-state index is 5.32. The van der Waals surface area contributed by atoms with Gasteiger partial charge in [0.25, 0.3) is 0 Å². The Balaban J connectivity index is 2.61.